The van der Waals surface area contributed by atoms with E-state index in [1.807, 2.05) is 32.0 Å². The van der Waals surface area contributed by atoms with Crippen molar-refractivity contribution in [3.8, 4) is 0 Å². The Morgan fingerprint density at radius 2 is 2.18 bits per heavy atom. The van der Waals surface area contributed by atoms with Gasteiger partial charge < -0.3 is 9.64 Å². The van der Waals surface area contributed by atoms with E-state index in [0.29, 0.717) is 25.3 Å². The van der Waals surface area contributed by atoms with Crippen molar-refractivity contribution in [1.82, 2.24) is 4.90 Å². The van der Waals surface area contributed by atoms with E-state index >= 15 is 0 Å². The Bertz CT molecular complexity index is 393. The maximum Gasteiger partial charge on any atom is 0.255 e. The third-order valence-electron chi connectivity index (χ3n) is 2.59. The van der Waals surface area contributed by atoms with Crippen LogP contribution in [-0.2, 0) is 4.74 Å². The molecule has 0 aliphatic heterocycles. The van der Waals surface area contributed by atoms with Crippen LogP contribution in [0.25, 0.3) is 0 Å². The summed E-state index contributed by atoms with van der Waals surface area (Å²) in [7, 11) is 1.64. The maximum absolute atomic E-state index is 12.3. The minimum atomic E-state index is 0.0418. The number of carbonyl (C=O) groups is 1. The van der Waals surface area contributed by atoms with E-state index in [4.69, 9.17) is 4.74 Å². The van der Waals surface area contributed by atoms with Crippen molar-refractivity contribution in [3.63, 3.8) is 0 Å². The predicted molar refractivity (Wildman–Crippen MR) is 72.3 cm³/mol. The molecule has 94 valence electrons. The fourth-order valence-electron chi connectivity index (χ4n) is 1.58. The molecular weight excluding hydrogens is 282 g/mol. The summed E-state index contributed by atoms with van der Waals surface area (Å²) in [4.78, 5) is 14.1. The van der Waals surface area contributed by atoms with Crippen LogP contribution in [0, 0.1) is 6.92 Å². The van der Waals surface area contributed by atoms with Crippen molar-refractivity contribution in [2.45, 2.75) is 13.8 Å². The summed E-state index contributed by atoms with van der Waals surface area (Å²) in [6.45, 7) is 5.81. The highest BCUT2D eigenvalue weighted by Crippen LogP contribution is 2.19. The third kappa shape index (κ3) is 3.82. The number of rotatable bonds is 5. The molecule has 1 rings (SSSR count). The fourth-order valence-corrected chi connectivity index (χ4v) is 1.99. The predicted octanol–water partition coefficient (Wildman–Crippen LogP) is 2.87. The molecule has 0 atom stereocenters. The van der Waals surface area contributed by atoms with Gasteiger partial charge in [0.15, 0.2) is 0 Å². The maximum atomic E-state index is 12.3. The normalized spacial score (nSPS) is 10.4. The minimum Gasteiger partial charge on any atom is -0.383 e. The molecule has 1 aromatic rings. The van der Waals surface area contributed by atoms with Crippen LogP contribution in [0.4, 0.5) is 0 Å². The summed E-state index contributed by atoms with van der Waals surface area (Å²) in [5.74, 6) is 0.0418. The molecule has 0 saturated heterocycles. The van der Waals surface area contributed by atoms with E-state index in [0.717, 1.165) is 10.0 Å². The molecular formula is C13H18BrNO2. The average Bonchev–Trinajstić information content (AvgIpc) is 2.33. The summed E-state index contributed by atoms with van der Waals surface area (Å²) in [5, 5.41) is 0. The van der Waals surface area contributed by atoms with Crippen LogP contribution in [0.15, 0.2) is 22.7 Å². The molecule has 17 heavy (non-hydrogen) atoms. The Kier molecular flexibility index (Phi) is 5.65. The number of aryl methyl sites for hydroxylation is 1. The second kappa shape index (κ2) is 6.77. The van der Waals surface area contributed by atoms with E-state index < -0.39 is 0 Å². The first-order chi connectivity index (χ1) is 8.10. The van der Waals surface area contributed by atoms with Crippen LogP contribution in [0.1, 0.15) is 22.8 Å². The number of benzene rings is 1. The van der Waals surface area contributed by atoms with Gasteiger partial charge in [-0.1, -0.05) is 11.6 Å². The number of halogens is 1. The molecule has 0 radical (unpaired) electrons. The van der Waals surface area contributed by atoms with E-state index in [2.05, 4.69) is 15.9 Å². The lowest BCUT2D eigenvalue weighted by atomic mass is 10.1. The molecule has 1 aromatic carbocycles. The van der Waals surface area contributed by atoms with Gasteiger partial charge in [0.25, 0.3) is 5.91 Å². The van der Waals surface area contributed by atoms with E-state index in [1.54, 1.807) is 12.0 Å². The van der Waals surface area contributed by atoms with Crippen LogP contribution in [-0.4, -0.2) is 37.6 Å². The number of amides is 1. The second-order valence-electron chi connectivity index (χ2n) is 3.86. The van der Waals surface area contributed by atoms with Gasteiger partial charge in [0.1, 0.15) is 0 Å². The van der Waals surface area contributed by atoms with Crippen LogP contribution < -0.4 is 0 Å². The third-order valence-corrected chi connectivity index (χ3v) is 3.28. The fraction of sp³-hybridized carbons (Fsp3) is 0.462. The monoisotopic (exact) mass is 299 g/mol. The number of carbonyl (C=O) groups excluding carboxylic acids is 1. The Morgan fingerprint density at radius 1 is 1.47 bits per heavy atom. The number of hydrogen-bond donors (Lipinski definition) is 0. The molecule has 0 aliphatic rings. The lowest BCUT2D eigenvalue weighted by Gasteiger charge is -2.21. The summed E-state index contributed by atoms with van der Waals surface area (Å²) < 4.78 is 5.85. The number of hydrogen-bond acceptors (Lipinski definition) is 2. The minimum absolute atomic E-state index is 0.0418. The molecule has 1 amide bonds. The highest BCUT2D eigenvalue weighted by Gasteiger charge is 2.16. The smallest absolute Gasteiger partial charge is 0.255 e. The topological polar surface area (TPSA) is 29.5 Å². The zero-order chi connectivity index (χ0) is 12.8. The largest absolute Gasteiger partial charge is 0.383 e. The highest BCUT2D eigenvalue weighted by molar-refractivity contribution is 9.10. The van der Waals surface area contributed by atoms with Gasteiger partial charge in [0, 0.05) is 24.7 Å². The Hall–Kier alpha value is -0.870. The van der Waals surface area contributed by atoms with Gasteiger partial charge in [-0.3, -0.25) is 4.79 Å². The average molecular weight is 300 g/mol. The van der Waals surface area contributed by atoms with Gasteiger partial charge in [-0.25, -0.2) is 0 Å². The van der Waals surface area contributed by atoms with Crippen molar-refractivity contribution >= 4 is 21.8 Å². The van der Waals surface area contributed by atoms with Gasteiger partial charge in [0.2, 0.25) is 0 Å². The van der Waals surface area contributed by atoms with Crippen molar-refractivity contribution in [2.24, 2.45) is 0 Å². The summed E-state index contributed by atoms with van der Waals surface area (Å²) in [6.07, 6.45) is 0. The molecule has 0 aliphatic carbocycles. The lowest BCUT2D eigenvalue weighted by Crippen LogP contribution is -2.33. The first-order valence-electron chi connectivity index (χ1n) is 5.64. The first kappa shape index (κ1) is 14.2. The molecule has 0 spiro atoms. The van der Waals surface area contributed by atoms with Gasteiger partial charge in [-0.05, 0) is 41.9 Å². The van der Waals surface area contributed by atoms with Gasteiger partial charge in [-0.15, -0.1) is 0 Å². The zero-order valence-corrected chi connectivity index (χ0v) is 12.1. The van der Waals surface area contributed by atoms with E-state index in [9.17, 15) is 4.79 Å². The zero-order valence-electron chi connectivity index (χ0n) is 10.5. The Labute approximate surface area is 111 Å². The molecule has 0 N–H and O–H groups in total. The summed E-state index contributed by atoms with van der Waals surface area (Å²) in [6, 6.07) is 5.79. The van der Waals surface area contributed by atoms with Crippen molar-refractivity contribution in [1.29, 1.82) is 0 Å². The van der Waals surface area contributed by atoms with Gasteiger partial charge >= 0.3 is 0 Å². The number of ether oxygens (including phenoxy) is 1. The van der Waals surface area contributed by atoms with Gasteiger partial charge in [-0.2, -0.15) is 0 Å². The van der Waals surface area contributed by atoms with Gasteiger partial charge in [0.05, 0.1) is 12.2 Å². The molecule has 0 unspecified atom stereocenters. The van der Waals surface area contributed by atoms with Crippen LogP contribution in [0.2, 0.25) is 0 Å². The lowest BCUT2D eigenvalue weighted by molar-refractivity contribution is 0.0705. The second-order valence-corrected chi connectivity index (χ2v) is 4.72. The van der Waals surface area contributed by atoms with E-state index in [-0.39, 0.29) is 5.91 Å². The van der Waals surface area contributed by atoms with Crippen LogP contribution in [0.3, 0.4) is 0 Å². The SMILES string of the molecule is CCN(CCOC)C(=O)c1cc(C)ccc1Br. The van der Waals surface area contributed by atoms with Crippen molar-refractivity contribution in [2.75, 3.05) is 26.8 Å². The van der Waals surface area contributed by atoms with Crippen LogP contribution in [0.5, 0.6) is 0 Å². The quantitative estimate of drug-likeness (QED) is 0.837. The molecule has 0 fully saturated rings. The highest BCUT2D eigenvalue weighted by atomic mass is 79.9. The molecule has 4 heteroatoms. The number of likely N-dealkylation sites (N-methyl/N-ethyl adjacent to an activating group) is 1. The summed E-state index contributed by atoms with van der Waals surface area (Å²) in [5.41, 5.74) is 1.79. The standard InChI is InChI=1S/C13H18BrNO2/c1-4-15(7-8-17-3)13(16)11-9-10(2)5-6-12(11)14/h5-6,9H,4,7-8H2,1-3H3. The number of methoxy groups -OCH3 is 1. The Morgan fingerprint density at radius 3 is 2.76 bits per heavy atom. The Balaban J connectivity index is 2.89. The molecule has 0 bridgehead atoms. The molecule has 3 nitrogen and oxygen atoms in total. The molecule has 0 heterocycles. The van der Waals surface area contributed by atoms with Crippen LogP contribution >= 0.6 is 15.9 Å². The van der Waals surface area contributed by atoms with Crippen molar-refractivity contribution < 1.29 is 9.53 Å². The van der Waals surface area contributed by atoms with E-state index in [1.165, 1.54) is 0 Å². The molecule has 0 saturated carbocycles. The van der Waals surface area contributed by atoms with Crippen molar-refractivity contribution in [3.05, 3.63) is 33.8 Å². The summed E-state index contributed by atoms with van der Waals surface area (Å²) >= 11 is 3.42. The first-order valence-corrected chi connectivity index (χ1v) is 6.43. The number of nitrogens with zero attached hydrogens (tertiary/aromatic N) is 1. The molecule has 0 aromatic heterocycles.